The van der Waals surface area contributed by atoms with Gasteiger partial charge in [-0.15, -0.1) is 0 Å². The van der Waals surface area contributed by atoms with Gasteiger partial charge in [-0.3, -0.25) is 0 Å². The lowest BCUT2D eigenvalue weighted by atomic mass is 10.1. The van der Waals surface area contributed by atoms with Crippen LogP contribution in [0.1, 0.15) is 18.1 Å². The number of hydrogen-bond donors (Lipinski definition) is 0. The van der Waals surface area contributed by atoms with E-state index in [9.17, 15) is 0 Å². The number of fused-ring (bicyclic) bond motifs is 1. The standard InChI is InChI=1S/C19H20NO/c1-3-21-17-9-10-19-18(13-17)15(2)11-12-20(19)14-16-7-5-4-6-8-16/h4-13H,3,14H2,1-2H3/q+1. The number of ether oxygens (including phenoxy) is 1. The lowest BCUT2D eigenvalue weighted by Gasteiger charge is -2.07. The zero-order valence-electron chi connectivity index (χ0n) is 12.5. The van der Waals surface area contributed by atoms with Gasteiger partial charge in [0.2, 0.25) is 5.52 Å². The van der Waals surface area contributed by atoms with Crippen molar-refractivity contribution >= 4 is 10.9 Å². The maximum absolute atomic E-state index is 5.62. The largest absolute Gasteiger partial charge is 0.494 e. The number of aryl methyl sites for hydroxylation is 1. The highest BCUT2D eigenvalue weighted by Gasteiger charge is 2.12. The highest BCUT2D eigenvalue weighted by molar-refractivity contribution is 5.80. The molecule has 3 aromatic rings. The third kappa shape index (κ3) is 2.89. The van der Waals surface area contributed by atoms with E-state index in [-0.39, 0.29) is 0 Å². The maximum atomic E-state index is 5.62. The van der Waals surface area contributed by atoms with Gasteiger partial charge in [-0.25, -0.2) is 0 Å². The van der Waals surface area contributed by atoms with Crippen molar-refractivity contribution in [3.63, 3.8) is 0 Å². The summed E-state index contributed by atoms with van der Waals surface area (Å²) in [7, 11) is 0. The fourth-order valence-corrected chi connectivity index (χ4v) is 2.63. The van der Waals surface area contributed by atoms with E-state index in [0.717, 1.165) is 12.3 Å². The van der Waals surface area contributed by atoms with Crippen molar-refractivity contribution in [2.45, 2.75) is 20.4 Å². The van der Waals surface area contributed by atoms with Crippen LogP contribution in [-0.4, -0.2) is 6.61 Å². The second-order valence-electron chi connectivity index (χ2n) is 5.22. The smallest absolute Gasteiger partial charge is 0.213 e. The van der Waals surface area contributed by atoms with Crippen LogP contribution < -0.4 is 9.30 Å². The third-order valence-corrected chi connectivity index (χ3v) is 3.71. The van der Waals surface area contributed by atoms with E-state index in [1.807, 2.05) is 13.0 Å². The summed E-state index contributed by atoms with van der Waals surface area (Å²) in [6.07, 6.45) is 2.16. The van der Waals surface area contributed by atoms with E-state index in [1.54, 1.807) is 0 Å². The third-order valence-electron chi connectivity index (χ3n) is 3.71. The van der Waals surface area contributed by atoms with Crippen LogP contribution in [0.4, 0.5) is 0 Å². The Morgan fingerprint density at radius 2 is 1.81 bits per heavy atom. The van der Waals surface area contributed by atoms with E-state index in [4.69, 9.17) is 4.74 Å². The molecule has 0 radical (unpaired) electrons. The predicted octanol–water partition coefficient (Wildman–Crippen LogP) is 3.88. The maximum Gasteiger partial charge on any atom is 0.213 e. The molecule has 0 atom stereocenters. The highest BCUT2D eigenvalue weighted by Crippen LogP contribution is 2.21. The Labute approximate surface area is 125 Å². The first-order valence-corrected chi connectivity index (χ1v) is 7.37. The molecule has 0 N–H and O–H groups in total. The predicted molar refractivity (Wildman–Crippen MR) is 85.6 cm³/mol. The molecular formula is C19H20NO+. The molecule has 106 valence electrons. The molecule has 0 fully saturated rings. The van der Waals surface area contributed by atoms with Gasteiger partial charge in [-0.05, 0) is 31.5 Å². The van der Waals surface area contributed by atoms with Gasteiger partial charge < -0.3 is 4.74 Å². The molecule has 2 heteroatoms. The Bertz CT molecular complexity index is 750. The first-order chi connectivity index (χ1) is 10.3. The Balaban J connectivity index is 2.05. The fraction of sp³-hybridized carbons (Fsp3) is 0.211. The quantitative estimate of drug-likeness (QED) is 0.660. The van der Waals surface area contributed by atoms with Crippen molar-refractivity contribution in [3.8, 4) is 5.75 Å². The summed E-state index contributed by atoms with van der Waals surface area (Å²) in [5.41, 5.74) is 3.82. The van der Waals surface area contributed by atoms with Gasteiger partial charge in [-0.1, -0.05) is 30.3 Å². The summed E-state index contributed by atoms with van der Waals surface area (Å²) in [4.78, 5) is 0. The van der Waals surface area contributed by atoms with Gasteiger partial charge in [0.25, 0.3) is 0 Å². The molecule has 2 nitrogen and oxygen atoms in total. The number of rotatable bonds is 4. The average Bonchev–Trinajstić information content (AvgIpc) is 2.52. The number of aromatic nitrogens is 1. The van der Waals surface area contributed by atoms with E-state index < -0.39 is 0 Å². The fourth-order valence-electron chi connectivity index (χ4n) is 2.63. The lowest BCUT2D eigenvalue weighted by Crippen LogP contribution is -2.34. The monoisotopic (exact) mass is 278 g/mol. The summed E-state index contributed by atoms with van der Waals surface area (Å²) in [5.74, 6) is 0.936. The molecule has 0 aliphatic heterocycles. The molecule has 0 saturated heterocycles. The van der Waals surface area contributed by atoms with E-state index in [1.165, 1.54) is 22.0 Å². The Morgan fingerprint density at radius 3 is 2.57 bits per heavy atom. The van der Waals surface area contributed by atoms with Gasteiger partial charge in [0.05, 0.1) is 12.0 Å². The summed E-state index contributed by atoms with van der Waals surface area (Å²) in [5, 5.41) is 1.25. The molecule has 0 spiro atoms. The molecule has 1 heterocycles. The van der Waals surface area contributed by atoms with E-state index in [0.29, 0.717) is 6.61 Å². The van der Waals surface area contributed by atoms with Crippen LogP contribution >= 0.6 is 0 Å². The molecule has 0 aliphatic carbocycles. The Kier molecular flexibility index (Phi) is 3.87. The molecule has 3 rings (SSSR count). The van der Waals surface area contributed by atoms with Crippen LogP contribution in [0.5, 0.6) is 5.75 Å². The Hall–Kier alpha value is -2.35. The van der Waals surface area contributed by atoms with Gasteiger partial charge in [0.1, 0.15) is 5.75 Å². The average molecular weight is 278 g/mol. The van der Waals surface area contributed by atoms with Crippen molar-refractivity contribution < 1.29 is 9.30 Å². The first kappa shape index (κ1) is 13.6. The van der Waals surface area contributed by atoms with Gasteiger partial charge >= 0.3 is 0 Å². The van der Waals surface area contributed by atoms with Crippen LogP contribution in [0.3, 0.4) is 0 Å². The van der Waals surface area contributed by atoms with Crippen LogP contribution in [0, 0.1) is 6.92 Å². The first-order valence-electron chi connectivity index (χ1n) is 7.37. The van der Waals surface area contributed by atoms with Crippen molar-refractivity contribution in [2.75, 3.05) is 6.61 Å². The van der Waals surface area contributed by atoms with E-state index in [2.05, 4.69) is 66.2 Å². The topological polar surface area (TPSA) is 13.1 Å². The second-order valence-corrected chi connectivity index (χ2v) is 5.22. The number of pyridine rings is 1. The second kappa shape index (κ2) is 5.96. The van der Waals surface area contributed by atoms with Crippen molar-refractivity contribution in [1.29, 1.82) is 0 Å². The molecule has 0 aliphatic rings. The molecular weight excluding hydrogens is 258 g/mol. The summed E-state index contributed by atoms with van der Waals surface area (Å²) < 4.78 is 7.90. The van der Waals surface area contributed by atoms with E-state index >= 15 is 0 Å². The summed E-state index contributed by atoms with van der Waals surface area (Å²) >= 11 is 0. The van der Waals surface area contributed by atoms with Crippen LogP contribution in [0.2, 0.25) is 0 Å². The molecule has 2 aromatic carbocycles. The molecule has 0 bridgehead atoms. The minimum absolute atomic E-state index is 0.696. The molecule has 0 amide bonds. The van der Waals surface area contributed by atoms with Crippen molar-refractivity contribution in [1.82, 2.24) is 0 Å². The van der Waals surface area contributed by atoms with Crippen LogP contribution in [0.25, 0.3) is 10.9 Å². The molecule has 1 aromatic heterocycles. The zero-order chi connectivity index (χ0) is 14.7. The minimum atomic E-state index is 0.696. The molecule has 0 saturated carbocycles. The lowest BCUT2D eigenvalue weighted by molar-refractivity contribution is -0.662. The Morgan fingerprint density at radius 1 is 1.00 bits per heavy atom. The number of hydrogen-bond acceptors (Lipinski definition) is 1. The normalized spacial score (nSPS) is 10.8. The SMILES string of the molecule is CCOc1ccc2c(c1)c(C)cc[n+]2Cc1ccccc1. The molecule has 0 unspecified atom stereocenters. The van der Waals surface area contributed by atoms with Gasteiger partial charge in [-0.2, -0.15) is 4.57 Å². The number of benzene rings is 2. The van der Waals surface area contributed by atoms with Crippen molar-refractivity contribution in [3.05, 3.63) is 71.9 Å². The van der Waals surface area contributed by atoms with Gasteiger partial charge in [0, 0.05) is 17.7 Å². The summed E-state index contributed by atoms with van der Waals surface area (Å²) in [6, 6.07) is 19.0. The minimum Gasteiger partial charge on any atom is -0.494 e. The highest BCUT2D eigenvalue weighted by atomic mass is 16.5. The number of nitrogens with zero attached hydrogens (tertiary/aromatic N) is 1. The van der Waals surface area contributed by atoms with Crippen molar-refractivity contribution in [2.24, 2.45) is 0 Å². The molecule has 21 heavy (non-hydrogen) atoms. The van der Waals surface area contributed by atoms with Crippen LogP contribution in [0.15, 0.2) is 60.8 Å². The zero-order valence-corrected chi connectivity index (χ0v) is 12.5. The summed E-state index contributed by atoms with van der Waals surface area (Å²) in [6.45, 7) is 5.73. The van der Waals surface area contributed by atoms with Gasteiger partial charge in [0.15, 0.2) is 12.7 Å². The van der Waals surface area contributed by atoms with Crippen LogP contribution in [-0.2, 0) is 6.54 Å².